The molecule has 0 aliphatic heterocycles. The first-order valence-electron chi connectivity index (χ1n) is 8.12. The van der Waals surface area contributed by atoms with Gasteiger partial charge in [0.1, 0.15) is 0 Å². The highest BCUT2D eigenvalue weighted by Gasteiger charge is 2.69. The van der Waals surface area contributed by atoms with Crippen LogP contribution in [0.2, 0.25) is 0 Å². The monoisotopic (exact) mass is 317 g/mol. The van der Waals surface area contributed by atoms with Crippen LogP contribution in [0.5, 0.6) is 0 Å². The number of nitriles is 1. The van der Waals surface area contributed by atoms with Crippen molar-refractivity contribution in [3.05, 3.63) is 11.6 Å². The molecule has 0 amide bonds. The molecule has 4 bridgehead atoms. The summed E-state index contributed by atoms with van der Waals surface area (Å²) in [5, 5.41) is 28.7. The normalized spacial score (nSPS) is 44.8. The lowest BCUT2D eigenvalue weighted by Gasteiger charge is -2.67. The SMILES string of the molecule is CC(=CCC12CC3(C)CC(C#N)(C1)CC(C(=O)O)(C3)C2)C(=O)O. The first-order chi connectivity index (χ1) is 10.6. The van der Waals surface area contributed by atoms with Crippen molar-refractivity contribution in [1.82, 2.24) is 0 Å². The Hall–Kier alpha value is -1.83. The second kappa shape index (κ2) is 4.59. The fourth-order valence-electron chi connectivity index (χ4n) is 6.39. The van der Waals surface area contributed by atoms with Gasteiger partial charge in [-0.05, 0) is 62.7 Å². The van der Waals surface area contributed by atoms with Crippen molar-refractivity contribution < 1.29 is 19.8 Å². The van der Waals surface area contributed by atoms with Crippen LogP contribution in [0.3, 0.4) is 0 Å². The zero-order valence-electron chi connectivity index (χ0n) is 13.7. The Morgan fingerprint density at radius 1 is 1.13 bits per heavy atom. The molecule has 4 atom stereocenters. The van der Waals surface area contributed by atoms with E-state index in [0.717, 1.165) is 12.8 Å². The number of allylic oxidation sites excluding steroid dienone is 1. The Balaban J connectivity index is 2.02. The Morgan fingerprint density at radius 3 is 2.39 bits per heavy atom. The average Bonchev–Trinajstić information content (AvgIpc) is 2.42. The number of carboxylic acid groups (broad SMARTS) is 2. The number of aliphatic carboxylic acids is 2. The van der Waals surface area contributed by atoms with Crippen LogP contribution in [0.4, 0.5) is 0 Å². The number of carbonyl (C=O) groups is 2. The van der Waals surface area contributed by atoms with Gasteiger partial charge in [0.25, 0.3) is 0 Å². The van der Waals surface area contributed by atoms with Crippen molar-refractivity contribution in [3.8, 4) is 6.07 Å². The maximum atomic E-state index is 12.0. The molecule has 0 saturated heterocycles. The molecule has 4 aliphatic rings. The molecule has 0 aromatic heterocycles. The van der Waals surface area contributed by atoms with E-state index in [9.17, 15) is 20.0 Å². The Morgan fingerprint density at radius 2 is 1.83 bits per heavy atom. The van der Waals surface area contributed by atoms with E-state index in [1.54, 1.807) is 13.0 Å². The van der Waals surface area contributed by atoms with E-state index < -0.39 is 22.8 Å². The standard InChI is InChI=1S/C18H23NO4/c1-12(13(20)21)3-4-16-5-15(2)6-17(8-16,11-19)10-18(7-15,9-16)14(22)23/h3H,4-10H2,1-2H3,(H,20,21)(H,22,23). The van der Waals surface area contributed by atoms with Crippen LogP contribution in [0.25, 0.3) is 0 Å². The summed E-state index contributed by atoms with van der Waals surface area (Å²) in [7, 11) is 0. The lowest BCUT2D eigenvalue weighted by Crippen LogP contribution is -2.62. The van der Waals surface area contributed by atoms with Crippen LogP contribution in [-0.4, -0.2) is 22.2 Å². The maximum Gasteiger partial charge on any atom is 0.330 e. The van der Waals surface area contributed by atoms with E-state index in [-0.39, 0.29) is 10.8 Å². The number of carboxylic acids is 2. The third-order valence-corrected chi connectivity index (χ3v) is 6.31. The third-order valence-electron chi connectivity index (χ3n) is 6.31. The Labute approximate surface area is 136 Å². The smallest absolute Gasteiger partial charge is 0.330 e. The summed E-state index contributed by atoms with van der Waals surface area (Å²) < 4.78 is 0. The predicted molar refractivity (Wildman–Crippen MR) is 82.4 cm³/mol. The number of hydrogen-bond acceptors (Lipinski definition) is 3. The predicted octanol–water partition coefficient (Wildman–Crippen LogP) is 3.36. The fraction of sp³-hybridized carbons (Fsp3) is 0.722. The second-order valence-corrected chi connectivity index (χ2v) is 8.75. The molecule has 4 rings (SSSR count). The third kappa shape index (κ3) is 2.36. The summed E-state index contributed by atoms with van der Waals surface area (Å²) >= 11 is 0. The van der Waals surface area contributed by atoms with Crippen LogP contribution in [0, 0.1) is 33.0 Å². The molecule has 5 heteroatoms. The van der Waals surface area contributed by atoms with E-state index >= 15 is 0 Å². The van der Waals surface area contributed by atoms with Gasteiger partial charge < -0.3 is 10.2 Å². The molecule has 4 saturated carbocycles. The molecule has 23 heavy (non-hydrogen) atoms. The van der Waals surface area contributed by atoms with E-state index in [4.69, 9.17) is 5.11 Å². The Kier molecular flexibility index (Phi) is 3.20. The molecule has 4 unspecified atom stereocenters. The first kappa shape index (κ1) is 16.0. The summed E-state index contributed by atoms with van der Waals surface area (Å²) in [6.45, 7) is 3.67. The van der Waals surface area contributed by atoms with Crippen LogP contribution in [0.15, 0.2) is 11.6 Å². The van der Waals surface area contributed by atoms with Gasteiger partial charge in [-0.15, -0.1) is 0 Å². The van der Waals surface area contributed by atoms with Crippen molar-refractivity contribution in [1.29, 1.82) is 5.26 Å². The summed E-state index contributed by atoms with van der Waals surface area (Å²) in [6, 6.07) is 2.45. The summed E-state index contributed by atoms with van der Waals surface area (Å²) in [5.74, 6) is -1.73. The van der Waals surface area contributed by atoms with Gasteiger partial charge in [0, 0.05) is 5.57 Å². The molecule has 0 aromatic rings. The minimum Gasteiger partial charge on any atom is -0.481 e. The lowest BCUT2D eigenvalue weighted by molar-refractivity contribution is -0.199. The molecule has 2 N–H and O–H groups in total. The zero-order valence-corrected chi connectivity index (χ0v) is 13.7. The van der Waals surface area contributed by atoms with Crippen LogP contribution in [0.1, 0.15) is 58.8 Å². The van der Waals surface area contributed by atoms with Crippen molar-refractivity contribution >= 4 is 11.9 Å². The number of nitrogens with zero attached hydrogens (tertiary/aromatic N) is 1. The second-order valence-electron chi connectivity index (χ2n) is 8.75. The van der Waals surface area contributed by atoms with Crippen LogP contribution < -0.4 is 0 Å². The van der Waals surface area contributed by atoms with Gasteiger partial charge in [0.15, 0.2) is 0 Å². The van der Waals surface area contributed by atoms with Gasteiger partial charge in [-0.25, -0.2) is 4.79 Å². The van der Waals surface area contributed by atoms with E-state index in [0.29, 0.717) is 37.7 Å². The molecule has 4 fully saturated rings. The van der Waals surface area contributed by atoms with Crippen molar-refractivity contribution in [2.24, 2.45) is 21.7 Å². The molecule has 5 nitrogen and oxygen atoms in total. The van der Waals surface area contributed by atoms with Gasteiger partial charge in [-0.1, -0.05) is 13.0 Å². The Bertz CT molecular complexity index is 662. The first-order valence-corrected chi connectivity index (χ1v) is 8.12. The summed E-state index contributed by atoms with van der Waals surface area (Å²) in [5.41, 5.74) is -1.47. The van der Waals surface area contributed by atoms with E-state index in [2.05, 4.69) is 13.0 Å². The minimum atomic E-state index is -0.941. The van der Waals surface area contributed by atoms with Gasteiger partial charge in [-0.2, -0.15) is 5.26 Å². The minimum absolute atomic E-state index is 0.131. The average molecular weight is 317 g/mol. The van der Waals surface area contributed by atoms with E-state index in [1.165, 1.54) is 0 Å². The zero-order chi connectivity index (χ0) is 17.1. The molecule has 0 radical (unpaired) electrons. The molecular formula is C18H23NO4. The van der Waals surface area contributed by atoms with Crippen LogP contribution in [-0.2, 0) is 9.59 Å². The van der Waals surface area contributed by atoms with Crippen LogP contribution >= 0.6 is 0 Å². The van der Waals surface area contributed by atoms with Crippen molar-refractivity contribution in [2.45, 2.75) is 58.8 Å². The fourth-order valence-corrected chi connectivity index (χ4v) is 6.39. The van der Waals surface area contributed by atoms with Gasteiger partial charge in [0.2, 0.25) is 0 Å². The highest BCUT2D eigenvalue weighted by Crippen LogP contribution is 2.74. The van der Waals surface area contributed by atoms with Gasteiger partial charge in [0.05, 0.1) is 16.9 Å². The van der Waals surface area contributed by atoms with Crippen molar-refractivity contribution in [2.75, 3.05) is 0 Å². The van der Waals surface area contributed by atoms with Crippen molar-refractivity contribution in [3.63, 3.8) is 0 Å². The molecule has 0 aromatic carbocycles. The quantitative estimate of drug-likeness (QED) is 0.775. The van der Waals surface area contributed by atoms with Gasteiger partial charge >= 0.3 is 11.9 Å². The maximum absolute atomic E-state index is 12.0. The van der Waals surface area contributed by atoms with E-state index in [1.807, 2.05) is 0 Å². The molecule has 124 valence electrons. The topological polar surface area (TPSA) is 98.4 Å². The number of rotatable bonds is 4. The molecule has 0 heterocycles. The largest absolute Gasteiger partial charge is 0.481 e. The lowest BCUT2D eigenvalue weighted by atomic mass is 9.35. The summed E-state index contributed by atoms with van der Waals surface area (Å²) in [4.78, 5) is 23.1. The summed E-state index contributed by atoms with van der Waals surface area (Å²) in [6.07, 6.45) is 6.30. The van der Waals surface area contributed by atoms with Gasteiger partial charge in [-0.3, -0.25) is 4.79 Å². The highest BCUT2D eigenvalue weighted by atomic mass is 16.4. The number of hydrogen-bond donors (Lipinski definition) is 2. The highest BCUT2D eigenvalue weighted by molar-refractivity contribution is 5.85. The molecular weight excluding hydrogens is 294 g/mol. The molecule has 0 spiro atoms. The molecule has 4 aliphatic carbocycles.